The van der Waals surface area contributed by atoms with E-state index in [1.165, 1.54) is 0 Å². The Kier molecular flexibility index (Phi) is 10.2. The second-order valence-electron chi connectivity index (χ2n) is 7.56. The molecule has 0 spiro atoms. The summed E-state index contributed by atoms with van der Waals surface area (Å²) in [5.41, 5.74) is 6.48. The number of guanidine groups is 1. The number of carbonyl (C=O) groups excluding carboxylic acids is 3. The number of nitrogens with zero attached hydrogens (tertiary/aromatic N) is 3. The van der Waals surface area contributed by atoms with Crippen molar-refractivity contribution in [1.29, 1.82) is 0 Å². The summed E-state index contributed by atoms with van der Waals surface area (Å²) in [6, 6.07) is 7.09. The third-order valence-electron chi connectivity index (χ3n) is 5.40. The average Bonchev–Trinajstić information content (AvgIpc) is 3.33. The van der Waals surface area contributed by atoms with Gasteiger partial charge in [0, 0.05) is 51.9 Å². The van der Waals surface area contributed by atoms with Crippen LogP contribution in [0.4, 0.5) is 0 Å². The van der Waals surface area contributed by atoms with Crippen molar-refractivity contribution in [3.8, 4) is 0 Å². The Morgan fingerprint density at radius 3 is 2.31 bits per heavy atom. The van der Waals surface area contributed by atoms with Crippen molar-refractivity contribution in [1.82, 2.24) is 20.4 Å². The van der Waals surface area contributed by atoms with Gasteiger partial charge in [-0.3, -0.25) is 19.4 Å². The van der Waals surface area contributed by atoms with E-state index in [1.54, 1.807) is 19.2 Å². The van der Waals surface area contributed by atoms with Gasteiger partial charge in [0.05, 0.1) is 6.54 Å². The van der Waals surface area contributed by atoms with Crippen LogP contribution in [0.2, 0.25) is 0 Å². The predicted octanol–water partition coefficient (Wildman–Crippen LogP) is -0.0817. The van der Waals surface area contributed by atoms with Crippen LogP contribution in [0.1, 0.15) is 28.8 Å². The number of ether oxygens (including phenoxy) is 1. The molecule has 10 nitrogen and oxygen atoms in total. The molecule has 0 bridgehead atoms. The molecule has 3 rings (SSSR count). The number of nitrogens with one attached hydrogen (secondary N) is 2. The van der Waals surface area contributed by atoms with E-state index < -0.39 is 5.91 Å². The monoisotopic (exact) mass is 558 g/mol. The Morgan fingerprint density at radius 2 is 1.75 bits per heavy atom. The Bertz CT molecular complexity index is 818. The van der Waals surface area contributed by atoms with E-state index in [1.807, 2.05) is 17.0 Å². The molecule has 1 atom stereocenters. The maximum atomic E-state index is 12.5. The van der Waals surface area contributed by atoms with Gasteiger partial charge >= 0.3 is 0 Å². The Morgan fingerprint density at radius 1 is 1.09 bits per heavy atom. The van der Waals surface area contributed by atoms with Crippen molar-refractivity contribution in [3.05, 3.63) is 35.4 Å². The molecule has 2 heterocycles. The van der Waals surface area contributed by atoms with Crippen molar-refractivity contribution < 1.29 is 19.1 Å². The Hall–Kier alpha value is -2.41. The Labute approximate surface area is 204 Å². The first-order valence-electron chi connectivity index (χ1n) is 10.5. The molecule has 2 fully saturated rings. The zero-order valence-corrected chi connectivity index (χ0v) is 20.5. The third-order valence-corrected chi connectivity index (χ3v) is 5.40. The lowest BCUT2D eigenvalue weighted by Crippen LogP contribution is -2.55. The van der Waals surface area contributed by atoms with Crippen molar-refractivity contribution >= 4 is 47.7 Å². The first kappa shape index (κ1) is 25.8. The molecule has 4 N–H and O–H groups in total. The van der Waals surface area contributed by atoms with E-state index in [0.717, 1.165) is 24.4 Å². The number of carbonyl (C=O) groups is 3. The van der Waals surface area contributed by atoms with E-state index >= 15 is 0 Å². The summed E-state index contributed by atoms with van der Waals surface area (Å²) >= 11 is 0. The Balaban J connectivity index is 0.00000363. The van der Waals surface area contributed by atoms with Crippen molar-refractivity contribution in [3.63, 3.8) is 0 Å². The van der Waals surface area contributed by atoms with E-state index in [-0.39, 0.29) is 48.4 Å². The first-order chi connectivity index (χ1) is 15.0. The lowest BCUT2D eigenvalue weighted by Gasteiger charge is -2.37. The van der Waals surface area contributed by atoms with Gasteiger partial charge in [-0.2, -0.15) is 0 Å². The number of hydrogen-bond donors (Lipinski definition) is 3. The van der Waals surface area contributed by atoms with Crippen molar-refractivity contribution in [2.75, 3.05) is 46.4 Å². The highest BCUT2D eigenvalue weighted by atomic mass is 127. The van der Waals surface area contributed by atoms with E-state index in [9.17, 15) is 14.4 Å². The third kappa shape index (κ3) is 7.05. The highest BCUT2D eigenvalue weighted by Gasteiger charge is 2.30. The molecule has 1 unspecified atom stereocenters. The molecule has 32 heavy (non-hydrogen) atoms. The first-order valence-corrected chi connectivity index (χ1v) is 10.5. The quantitative estimate of drug-likeness (QED) is 0.255. The van der Waals surface area contributed by atoms with Crippen LogP contribution >= 0.6 is 24.0 Å². The SMILES string of the molecule is CN=C(NCc1ccc(C(=O)NCC(N)=O)cc1)N1CCN(C(=O)C2CCCO2)CC1.I. The number of amides is 3. The number of primary amides is 1. The minimum Gasteiger partial charge on any atom is -0.368 e. The van der Waals surface area contributed by atoms with Crippen molar-refractivity contribution in [2.24, 2.45) is 10.7 Å². The highest BCUT2D eigenvalue weighted by molar-refractivity contribution is 14.0. The molecule has 0 radical (unpaired) electrons. The fourth-order valence-electron chi connectivity index (χ4n) is 3.67. The normalized spacial score (nSPS) is 18.7. The molecule has 2 aliphatic heterocycles. The van der Waals surface area contributed by atoms with Crippen LogP contribution in [-0.2, 0) is 20.9 Å². The van der Waals surface area contributed by atoms with Crippen molar-refractivity contribution in [2.45, 2.75) is 25.5 Å². The molecule has 176 valence electrons. The maximum Gasteiger partial charge on any atom is 0.251 e. The minimum atomic E-state index is -0.586. The average molecular weight is 558 g/mol. The van der Waals surface area contributed by atoms with Gasteiger partial charge in [-0.25, -0.2) is 0 Å². The second kappa shape index (κ2) is 12.6. The molecule has 1 aromatic carbocycles. The van der Waals surface area contributed by atoms with Gasteiger partial charge < -0.3 is 30.9 Å². The maximum absolute atomic E-state index is 12.5. The topological polar surface area (TPSA) is 129 Å². The molecule has 11 heteroatoms. The summed E-state index contributed by atoms with van der Waals surface area (Å²) in [4.78, 5) is 43.6. The van der Waals surface area contributed by atoms with Crippen LogP contribution < -0.4 is 16.4 Å². The lowest BCUT2D eigenvalue weighted by atomic mass is 10.1. The summed E-state index contributed by atoms with van der Waals surface area (Å²) in [5, 5.41) is 5.79. The molecule has 2 saturated heterocycles. The van der Waals surface area contributed by atoms with Crippen LogP contribution in [0, 0.1) is 0 Å². The molecular formula is C21H31IN6O4. The minimum absolute atomic E-state index is 0. The number of aliphatic imine (C=N–C) groups is 1. The molecule has 0 aromatic heterocycles. The van der Waals surface area contributed by atoms with Crippen LogP contribution in [-0.4, -0.2) is 86.0 Å². The van der Waals surface area contributed by atoms with Gasteiger partial charge in [-0.05, 0) is 30.5 Å². The highest BCUT2D eigenvalue weighted by Crippen LogP contribution is 2.16. The van der Waals surface area contributed by atoms with Crippen LogP contribution in [0.5, 0.6) is 0 Å². The number of piperazine rings is 1. The zero-order chi connectivity index (χ0) is 22.2. The summed E-state index contributed by atoms with van der Waals surface area (Å²) in [7, 11) is 1.73. The van der Waals surface area contributed by atoms with Gasteiger partial charge in [0.25, 0.3) is 11.8 Å². The molecule has 3 amide bonds. The molecular weight excluding hydrogens is 527 g/mol. The molecule has 0 aliphatic carbocycles. The summed E-state index contributed by atoms with van der Waals surface area (Å²) in [5.74, 6) is -0.0605. The van der Waals surface area contributed by atoms with E-state index in [0.29, 0.717) is 44.9 Å². The summed E-state index contributed by atoms with van der Waals surface area (Å²) in [6.45, 7) is 3.74. The predicted molar refractivity (Wildman–Crippen MR) is 131 cm³/mol. The fraction of sp³-hybridized carbons (Fsp3) is 0.524. The standard InChI is InChI=1S/C21H30N6O4.HI/c1-23-21(27-10-8-26(9-11-27)20(30)17-3-2-12-31-17)25-13-15-4-6-16(7-5-15)19(29)24-14-18(22)28;/h4-7,17H,2-3,8-14H2,1H3,(H2,22,28)(H,23,25)(H,24,29);1H. The lowest BCUT2D eigenvalue weighted by molar-refractivity contribution is -0.142. The molecule has 0 saturated carbocycles. The summed E-state index contributed by atoms with van der Waals surface area (Å²) < 4.78 is 5.51. The van der Waals surface area contributed by atoms with Gasteiger partial charge in [0.15, 0.2) is 5.96 Å². The van der Waals surface area contributed by atoms with Crippen LogP contribution in [0.25, 0.3) is 0 Å². The van der Waals surface area contributed by atoms with Gasteiger partial charge in [-0.15, -0.1) is 24.0 Å². The van der Waals surface area contributed by atoms with Gasteiger partial charge in [0.1, 0.15) is 6.10 Å². The van der Waals surface area contributed by atoms with Gasteiger partial charge in [-0.1, -0.05) is 12.1 Å². The van der Waals surface area contributed by atoms with E-state index in [4.69, 9.17) is 10.5 Å². The van der Waals surface area contributed by atoms with Crippen LogP contribution in [0.15, 0.2) is 29.3 Å². The number of halogens is 1. The zero-order valence-electron chi connectivity index (χ0n) is 18.2. The van der Waals surface area contributed by atoms with Crippen LogP contribution in [0.3, 0.4) is 0 Å². The number of benzene rings is 1. The molecule has 1 aromatic rings. The number of nitrogens with two attached hydrogens (primary N) is 1. The van der Waals surface area contributed by atoms with E-state index in [2.05, 4.69) is 20.5 Å². The molecule has 2 aliphatic rings. The number of rotatable bonds is 6. The second-order valence-corrected chi connectivity index (χ2v) is 7.56. The summed E-state index contributed by atoms with van der Waals surface area (Å²) in [6.07, 6.45) is 1.49. The van der Waals surface area contributed by atoms with Gasteiger partial charge in [0.2, 0.25) is 5.91 Å². The largest absolute Gasteiger partial charge is 0.368 e. The number of hydrogen-bond acceptors (Lipinski definition) is 5. The fourth-order valence-corrected chi connectivity index (χ4v) is 3.67. The smallest absolute Gasteiger partial charge is 0.251 e.